The third-order valence-electron chi connectivity index (χ3n) is 8.59. The Morgan fingerprint density at radius 3 is 2.29 bits per heavy atom. The van der Waals surface area contributed by atoms with Crippen LogP contribution in [0.15, 0.2) is 59.4 Å². The Hall–Kier alpha value is -4.57. The highest BCUT2D eigenvalue weighted by atomic mass is 16.5. The first kappa shape index (κ1) is 31.8. The molecule has 2 aliphatic rings. The Kier molecular flexibility index (Phi) is 9.93. The Bertz CT molecular complexity index is 1600. The molecule has 2 N–H and O–H groups in total. The van der Waals surface area contributed by atoms with Crippen molar-refractivity contribution in [3.05, 3.63) is 81.5 Å². The zero-order chi connectivity index (χ0) is 32.1. The zero-order valence-electron chi connectivity index (χ0n) is 26.6. The van der Waals surface area contributed by atoms with Crippen molar-refractivity contribution in [2.45, 2.75) is 45.3 Å². The minimum atomic E-state index is -0.613. The van der Waals surface area contributed by atoms with Crippen LogP contribution in [0.1, 0.15) is 43.0 Å². The SMILES string of the molecule is COc1cc2c(c(OC)c1OC)-c1ccc(NC(C)C(=O)N3CCN(Cc4ccccc4)CC3)c(=O)cc1C(NC(C)=O)CC2. The molecular weight excluding hydrogens is 572 g/mol. The van der Waals surface area contributed by atoms with Gasteiger partial charge in [0.1, 0.15) is 6.04 Å². The number of hydrogen-bond acceptors (Lipinski definition) is 8. The monoisotopic (exact) mass is 614 g/mol. The zero-order valence-corrected chi connectivity index (χ0v) is 26.6. The Labute approximate surface area is 264 Å². The summed E-state index contributed by atoms with van der Waals surface area (Å²) in [6.45, 7) is 6.92. The second-order valence-corrected chi connectivity index (χ2v) is 11.5. The quantitative estimate of drug-likeness (QED) is 0.372. The summed E-state index contributed by atoms with van der Waals surface area (Å²) in [7, 11) is 4.69. The molecule has 0 saturated carbocycles. The molecule has 3 aromatic rings. The van der Waals surface area contributed by atoms with Crippen molar-refractivity contribution in [1.82, 2.24) is 15.1 Å². The van der Waals surface area contributed by atoms with Crippen molar-refractivity contribution in [2.24, 2.45) is 0 Å². The van der Waals surface area contributed by atoms with E-state index in [-0.39, 0.29) is 17.2 Å². The van der Waals surface area contributed by atoms with Crippen LogP contribution >= 0.6 is 0 Å². The number of fused-ring (bicyclic) bond motifs is 3. The number of anilines is 1. The highest BCUT2D eigenvalue weighted by molar-refractivity contribution is 5.86. The van der Waals surface area contributed by atoms with Crippen LogP contribution < -0.4 is 30.3 Å². The number of aryl methyl sites for hydroxylation is 1. The number of nitrogens with one attached hydrogen (secondary N) is 2. The van der Waals surface area contributed by atoms with Crippen molar-refractivity contribution in [2.75, 3.05) is 52.8 Å². The molecule has 45 heavy (non-hydrogen) atoms. The topological polar surface area (TPSA) is 109 Å². The fourth-order valence-corrected chi connectivity index (χ4v) is 6.36. The van der Waals surface area contributed by atoms with Crippen molar-refractivity contribution in [3.63, 3.8) is 0 Å². The molecule has 0 spiro atoms. The second kappa shape index (κ2) is 14.0. The number of nitrogens with zero attached hydrogens (tertiary/aromatic N) is 2. The van der Waals surface area contributed by atoms with E-state index in [1.54, 1.807) is 40.4 Å². The van der Waals surface area contributed by atoms with E-state index in [9.17, 15) is 14.4 Å². The maximum Gasteiger partial charge on any atom is 0.244 e. The van der Waals surface area contributed by atoms with Gasteiger partial charge in [-0.25, -0.2) is 0 Å². The first-order chi connectivity index (χ1) is 21.7. The van der Waals surface area contributed by atoms with E-state index in [4.69, 9.17) is 14.2 Å². The molecule has 0 aromatic heterocycles. The fourth-order valence-electron chi connectivity index (χ4n) is 6.36. The average molecular weight is 615 g/mol. The van der Waals surface area contributed by atoms with Gasteiger partial charge in [-0.05, 0) is 60.2 Å². The number of carbonyl (C=O) groups is 2. The molecule has 5 rings (SSSR count). The Morgan fingerprint density at radius 1 is 0.933 bits per heavy atom. The highest BCUT2D eigenvalue weighted by Crippen LogP contribution is 2.50. The van der Waals surface area contributed by atoms with E-state index in [1.165, 1.54) is 12.5 Å². The lowest BCUT2D eigenvalue weighted by Gasteiger charge is -2.36. The number of methoxy groups -OCH3 is 3. The van der Waals surface area contributed by atoms with Crippen LogP contribution in [-0.2, 0) is 22.6 Å². The summed E-state index contributed by atoms with van der Waals surface area (Å²) in [5, 5.41) is 6.21. The van der Waals surface area contributed by atoms with Gasteiger partial charge in [-0.1, -0.05) is 36.4 Å². The fraction of sp³-hybridized carbons (Fsp3) is 0.400. The molecule has 10 nitrogen and oxygen atoms in total. The molecule has 3 aromatic carbocycles. The number of hydrogen-bond donors (Lipinski definition) is 2. The van der Waals surface area contributed by atoms with Crippen LogP contribution in [0.25, 0.3) is 11.1 Å². The van der Waals surface area contributed by atoms with Crippen LogP contribution in [0.5, 0.6) is 17.2 Å². The van der Waals surface area contributed by atoms with Crippen LogP contribution in [0.3, 0.4) is 0 Å². The van der Waals surface area contributed by atoms with Gasteiger partial charge in [0, 0.05) is 45.2 Å². The van der Waals surface area contributed by atoms with Crippen LogP contribution in [0.4, 0.5) is 5.69 Å². The molecule has 2 amide bonds. The summed E-state index contributed by atoms with van der Waals surface area (Å²) in [4.78, 5) is 43.6. The molecule has 0 bridgehead atoms. The third-order valence-corrected chi connectivity index (χ3v) is 8.59. The van der Waals surface area contributed by atoms with Gasteiger partial charge in [0.05, 0.1) is 33.1 Å². The first-order valence-electron chi connectivity index (χ1n) is 15.3. The van der Waals surface area contributed by atoms with E-state index in [0.29, 0.717) is 54.4 Å². The number of carbonyl (C=O) groups excluding carboxylic acids is 2. The van der Waals surface area contributed by atoms with Crippen molar-refractivity contribution in [3.8, 4) is 28.4 Å². The van der Waals surface area contributed by atoms with Crippen LogP contribution in [-0.4, -0.2) is 75.2 Å². The van der Waals surface area contributed by atoms with Crippen molar-refractivity contribution < 1.29 is 23.8 Å². The molecule has 1 aliphatic carbocycles. The number of ether oxygens (including phenoxy) is 3. The van der Waals surface area contributed by atoms with Gasteiger partial charge in [0.15, 0.2) is 11.5 Å². The molecule has 1 saturated heterocycles. The van der Waals surface area contributed by atoms with Crippen molar-refractivity contribution in [1.29, 1.82) is 0 Å². The summed E-state index contributed by atoms with van der Waals surface area (Å²) in [6.07, 6.45) is 1.18. The minimum Gasteiger partial charge on any atom is -0.493 e. The molecule has 1 heterocycles. The highest BCUT2D eigenvalue weighted by Gasteiger charge is 2.30. The minimum absolute atomic E-state index is 0.0539. The number of rotatable bonds is 9. The molecule has 238 valence electrons. The summed E-state index contributed by atoms with van der Waals surface area (Å²) in [5.41, 5.74) is 4.40. The summed E-state index contributed by atoms with van der Waals surface area (Å²) in [6, 6.07) is 16.3. The van der Waals surface area contributed by atoms with Gasteiger partial charge in [-0.15, -0.1) is 0 Å². The van der Waals surface area contributed by atoms with E-state index in [2.05, 4.69) is 27.7 Å². The molecule has 2 atom stereocenters. The van der Waals surface area contributed by atoms with E-state index >= 15 is 0 Å². The third kappa shape index (κ3) is 6.91. The molecule has 1 fully saturated rings. The largest absolute Gasteiger partial charge is 0.493 e. The van der Waals surface area contributed by atoms with Crippen LogP contribution in [0, 0.1) is 0 Å². The smallest absolute Gasteiger partial charge is 0.244 e. The number of benzene rings is 2. The summed E-state index contributed by atoms with van der Waals surface area (Å²) >= 11 is 0. The Morgan fingerprint density at radius 2 is 1.64 bits per heavy atom. The molecule has 1 aliphatic heterocycles. The number of amides is 2. The summed E-state index contributed by atoms with van der Waals surface area (Å²) < 4.78 is 17.1. The molecule has 10 heteroatoms. The predicted octanol–water partition coefficient (Wildman–Crippen LogP) is 4.01. The average Bonchev–Trinajstić information content (AvgIpc) is 3.28. The van der Waals surface area contributed by atoms with Gasteiger partial charge < -0.3 is 29.7 Å². The van der Waals surface area contributed by atoms with Crippen molar-refractivity contribution >= 4 is 17.5 Å². The lowest BCUT2D eigenvalue weighted by molar-refractivity contribution is -0.133. The first-order valence-corrected chi connectivity index (χ1v) is 15.3. The van der Waals surface area contributed by atoms with E-state index < -0.39 is 12.1 Å². The van der Waals surface area contributed by atoms with Crippen LogP contribution in [0.2, 0.25) is 0 Å². The maximum atomic E-state index is 13.7. The molecule has 2 unspecified atom stereocenters. The van der Waals surface area contributed by atoms with Gasteiger partial charge in [-0.3, -0.25) is 19.3 Å². The van der Waals surface area contributed by atoms with Gasteiger partial charge in [0.25, 0.3) is 0 Å². The molecule has 0 radical (unpaired) electrons. The van der Waals surface area contributed by atoms with Gasteiger partial charge >= 0.3 is 0 Å². The second-order valence-electron chi connectivity index (χ2n) is 11.5. The predicted molar refractivity (Wildman–Crippen MR) is 174 cm³/mol. The van der Waals surface area contributed by atoms with Gasteiger partial charge in [-0.2, -0.15) is 0 Å². The van der Waals surface area contributed by atoms with Gasteiger partial charge in [0.2, 0.25) is 23.0 Å². The standard InChI is InChI=1S/C35H42N4O6/c1-22(35(42)39-17-15-38(16-18-39)21-24-9-7-6-8-10-24)36-29-14-12-26-27(20-30(29)41)28(37-23(2)40)13-11-25-19-31(43-3)33(44-4)34(45-5)32(25)26/h6-10,12,14,19-20,22,28H,11,13,15-18,21H2,1-5H3,(H,36,41)(H,37,40). The lowest BCUT2D eigenvalue weighted by atomic mass is 9.95. The summed E-state index contributed by atoms with van der Waals surface area (Å²) in [5.74, 6) is 1.21. The van der Waals surface area contributed by atoms with E-state index in [0.717, 1.165) is 36.3 Å². The maximum absolute atomic E-state index is 13.7. The molecular formula is C35H42N4O6. The number of piperazine rings is 1. The van der Waals surface area contributed by atoms with E-state index in [1.807, 2.05) is 35.2 Å². The lowest BCUT2D eigenvalue weighted by Crippen LogP contribution is -2.52. The normalized spacial score (nSPS) is 16.8. The Balaban J connectivity index is 1.42.